The lowest BCUT2D eigenvalue weighted by atomic mass is 9.74. The summed E-state index contributed by atoms with van der Waals surface area (Å²) in [7, 11) is 0. The molecular weight excluding hydrogens is 242 g/mol. The van der Waals surface area contributed by atoms with E-state index in [0.29, 0.717) is 13.2 Å². The minimum absolute atomic E-state index is 0.0933. The van der Waals surface area contributed by atoms with Crippen molar-refractivity contribution in [1.29, 1.82) is 0 Å². The molecule has 106 valence electrons. The van der Waals surface area contributed by atoms with Crippen LogP contribution in [0.15, 0.2) is 6.07 Å². The van der Waals surface area contributed by atoms with Gasteiger partial charge in [-0.15, -0.1) is 0 Å². The summed E-state index contributed by atoms with van der Waals surface area (Å²) in [6, 6.07) is 2.25. The third kappa shape index (κ3) is 2.92. The highest BCUT2D eigenvalue weighted by Crippen LogP contribution is 2.40. The number of rotatable bonds is 3. The topological polar surface area (TPSA) is 83.3 Å². The number of carbonyl (C=O) groups is 1. The van der Waals surface area contributed by atoms with Crippen LogP contribution in [0.2, 0.25) is 0 Å². The second-order valence-corrected chi connectivity index (χ2v) is 6.16. The van der Waals surface area contributed by atoms with Gasteiger partial charge in [0.25, 0.3) is 0 Å². The van der Waals surface area contributed by atoms with Gasteiger partial charge in [-0.25, -0.2) is 4.79 Å². The number of hydrogen-bond acceptors (Lipinski definition) is 3. The standard InChI is InChI=1S/C14H23N3O2/c1-9-6-10-11(15)7-14(2,3)8-12(10)17(9)4-5-19-13(16)18/h6,11H,4-5,7-8,15H2,1-3H3,(H2,16,18). The lowest BCUT2D eigenvalue weighted by molar-refractivity contribution is 0.151. The van der Waals surface area contributed by atoms with Crippen molar-refractivity contribution in [3.05, 3.63) is 23.0 Å². The fourth-order valence-electron chi connectivity index (χ4n) is 3.05. The zero-order chi connectivity index (χ0) is 14.2. The highest BCUT2D eigenvalue weighted by molar-refractivity contribution is 5.64. The Kier molecular flexibility index (Phi) is 3.58. The van der Waals surface area contributed by atoms with Crippen molar-refractivity contribution in [2.45, 2.75) is 46.2 Å². The Labute approximate surface area is 113 Å². The van der Waals surface area contributed by atoms with Crippen LogP contribution in [0.3, 0.4) is 0 Å². The van der Waals surface area contributed by atoms with Gasteiger partial charge in [0.15, 0.2) is 0 Å². The third-order valence-corrected chi connectivity index (χ3v) is 3.83. The second-order valence-electron chi connectivity index (χ2n) is 6.16. The van der Waals surface area contributed by atoms with E-state index in [1.807, 2.05) is 0 Å². The Bertz CT molecular complexity index is 491. The van der Waals surface area contributed by atoms with Crippen LogP contribution in [0.1, 0.15) is 43.3 Å². The van der Waals surface area contributed by atoms with Crippen LogP contribution in [-0.2, 0) is 17.7 Å². The molecule has 0 bridgehead atoms. The molecule has 1 aromatic heterocycles. The van der Waals surface area contributed by atoms with Crippen molar-refractivity contribution >= 4 is 6.09 Å². The summed E-state index contributed by atoms with van der Waals surface area (Å²) in [6.07, 6.45) is 1.28. The van der Waals surface area contributed by atoms with Crippen LogP contribution >= 0.6 is 0 Å². The number of nitrogens with two attached hydrogens (primary N) is 2. The molecule has 19 heavy (non-hydrogen) atoms. The maximum Gasteiger partial charge on any atom is 0.404 e. The summed E-state index contributed by atoms with van der Waals surface area (Å²) < 4.78 is 7.02. The van der Waals surface area contributed by atoms with Crippen LogP contribution < -0.4 is 11.5 Å². The van der Waals surface area contributed by atoms with Crippen molar-refractivity contribution in [3.8, 4) is 0 Å². The first-order chi connectivity index (χ1) is 8.80. The first-order valence-electron chi connectivity index (χ1n) is 6.67. The number of hydrogen-bond donors (Lipinski definition) is 2. The molecule has 0 saturated carbocycles. The molecule has 5 nitrogen and oxygen atoms in total. The normalized spacial score (nSPS) is 20.9. The second kappa shape index (κ2) is 4.89. The van der Waals surface area contributed by atoms with E-state index >= 15 is 0 Å². The summed E-state index contributed by atoms with van der Waals surface area (Å²) in [6.45, 7) is 7.47. The van der Waals surface area contributed by atoms with Gasteiger partial charge >= 0.3 is 6.09 Å². The van der Waals surface area contributed by atoms with Gasteiger partial charge in [-0.3, -0.25) is 0 Å². The van der Waals surface area contributed by atoms with Crippen molar-refractivity contribution in [2.24, 2.45) is 16.9 Å². The van der Waals surface area contributed by atoms with Crippen LogP contribution in [0, 0.1) is 12.3 Å². The third-order valence-electron chi connectivity index (χ3n) is 3.83. The van der Waals surface area contributed by atoms with E-state index < -0.39 is 6.09 Å². The summed E-state index contributed by atoms with van der Waals surface area (Å²) in [5, 5.41) is 0. The Hall–Kier alpha value is -1.49. The number of amides is 1. The Balaban J connectivity index is 2.23. The van der Waals surface area contributed by atoms with E-state index in [2.05, 4.69) is 31.4 Å². The molecule has 0 fully saturated rings. The minimum atomic E-state index is -0.726. The smallest absolute Gasteiger partial charge is 0.404 e. The molecule has 0 spiro atoms. The molecule has 1 unspecified atom stereocenters. The van der Waals surface area contributed by atoms with Gasteiger partial charge in [-0.05, 0) is 36.8 Å². The molecule has 0 radical (unpaired) electrons. The van der Waals surface area contributed by atoms with E-state index in [1.165, 1.54) is 11.3 Å². The molecule has 0 aliphatic heterocycles. The molecule has 1 heterocycles. The Morgan fingerprint density at radius 2 is 2.26 bits per heavy atom. The summed E-state index contributed by atoms with van der Waals surface area (Å²) in [5.74, 6) is 0. The van der Waals surface area contributed by atoms with Crippen LogP contribution in [0.4, 0.5) is 4.79 Å². The fourth-order valence-corrected chi connectivity index (χ4v) is 3.05. The van der Waals surface area contributed by atoms with Gasteiger partial charge in [-0.1, -0.05) is 13.8 Å². The highest BCUT2D eigenvalue weighted by Gasteiger charge is 2.33. The van der Waals surface area contributed by atoms with E-state index in [4.69, 9.17) is 16.2 Å². The fraction of sp³-hybridized carbons (Fsp3) is 0.643. The number of nitrogens with zero attached hydrogens (tertiary/aromatic N) is 1. The molecule has 4 N–H and O–H groups in total. The van der Waals surface area contributed by atoms with E-state index in [0.717, 1.165) is 18.5 Å². The first-order valence-corrected chi connectivity index (χ1v) is 6.67. The molecule has 2 rings (SSSR count). The molecule has 1 aliphatic rings. The van der Waals surface area contributed by atoms with E-state index in [9.17, 15) is 4.79 Å². The number of aryl methyl sites for hydroxylation is 1. The van der Waals surface area contributed by atoms with E-state index in [1.54, 1.807) is 0 Å². The van der Waals surface area contributed by atoms with Gasteiger partial charge in [0.05, 0.1) is 6.54 Å². The predicted octanol–water partition coefficient (Wildman–Crippen LogP) is 1.86. The Morgan fingerprint density at radius 3 is 2.89 bits per heavy atom. The lowest BCUT2D eigenvalue weighted by Crippen LogP contribution is -2.31. The maximum atomic E-state index is 10.6. The molecule has 1 aromatic rings. The van der Waals surface area contributed by atoms with Gasteiger partial charge in [0, 0.05) is 17.4 Å². The number of fused-ring (bicyclic) bond motifs is 1. The first kappa shape index (κ1) is 13.9. The lowest BCUT2D eigenvalue weighted by Gasteiger charge is -2.34. The van der Waals surface area contributed by atoms with E-state index in [-0.39, 0.29) is 11.5 Å². The predicted molar refractivity (Wildman–Crippen MR) is 73.7 cm³/mol. The average molecular weight is 265 g/mol. The number of ether oxygens (including phenoxy) is 1. The number of carbonyl (C=O) groups excluding carboxylic acids is 1. The molecule has 5 heteroatoms. The Morgan fingerprint density at radius 1 is 1.58 bits per heavy atom. The van der Waals surface area contributed by atoms with Gasteiger partial charge in [-0.2, -0.15) is 0 Å². The minimum Gasteiger partial charge on any atom is -0.448 e. The summed E-state index contributed by atoms with van der Waals surface area (Å²) in [4.78, 5) is 10.6. The van der Waals surface area contributed by atoms with Gasteiger partial charge in [0.1, 0.15) is 6.61 Å². The highest BCUT2D eigenvalue weighted by atomic mass is 16.5. The molecular formula is C14H23N3O2. The van der Waals surface area contributed by atoms with Gasteiger partial charge < -0.3 is 20.8 Å². The van der Waals surface area contributed by atoms with Crippen molar-refractivity contribution in [1.82, 2.24) is 4.57 Å². The largest absolute Gasteiger partial charge is 0.448 e. The monoisotopic (exact) mass is 265 g/mol. The molecule has 1 atom stereocenters. The number of aromatic nitrogens is 1. The van der Waals surface area contributed by atoms with Crippen LogP contribution in [-0.4, -0.2) is 17.3 Å². The summed E-state index contributed by atoms with van der Waals surface area (Å²) >= 11 is 0. The molecule has 1 amide bonds. The molecule has 1 aliphatic carbocycles. The molecule has 0 saturated heterocycles. The van der Waals surface area contributed by atoms with Crippen LogP contribution in [0.25, 0.3) is 0 Å². The SMILES string of the molecule is Cc1cc2c(n1CCOC(N)=O)CC(C)(C)CC2N. The van der Waals surface area contributed by atoms with Crippen molar-refractivity contribution in [2.75, 3.05) is 6.61 Å². The number of primary amides is 1. The average Bonchev–Trinajstić information content (AvgIpc) is 2.55. The van der Waals surface area contributed by atoms with Crippen LogP contribution in [0.5, 0.6) is 0 Å². The van der Waals surface area contributed by atoms with Crippen molar-refractivity contribution in [3.63, 3.8) is 0 Å². The van der Waals surface area contributed by atoms with Crippen molar-refractivity contribution < 1.29 is 9.53 Å². The zero-order valence-corrected chi connectivity index (χ0v) is 11.9. The zero-order valence-electron chi connectivity index (χ0n) is 11.9. The summed E-state index contributed by atoms with van der Waals surface area (Å²) in [5.41, 5.74) is 15.1. The molecule has 0 aromatic carbocycles. The quantitative estimate of drug-likeness (QED) is 0.875. The maximum absolute atomic E-state index is 10.6. The van der Waals surface area contributed by atoms with Gasteiger partial charge in [0.2, 0.25) is 0 Å².